The molecule has 2 aromatic heterocycles. The first kappa shape index (κ1) is 20.0. The van der Waals surface area contributed by atoms with E-state index in [2.05, 4.69) is 47.1 Å². The monoisotopic (exact) mass is 428 g/mol. The maximum Gasteiger partial charge on any atom is 0.252 e. The fourth-order valence-corrected chi connectivity index (χ4v) is 6.24. The molecule has 152 valence electrons. The van der Waals surface area contributed by atoms with Crippen LogP contribution >= 0.6 is 11.3 Å². The molecule has 4 rings (SSSR count). The molecule has 1 aliphatic heterocycles. The number of hydrogen-bond acceptors (Lipinski definition) is 6. The van der Waals surface area contributed by atoms with Crippen molar-refractivity contribution >= 4 is 27.2 Å². The molecule has 0 radical (unpaired) electrons. The molecule has 8 heteroatoms. The van der Waals surface area contributed by atoms with Crippen LogP contribution in [0.15, 0.2) is 46.7 Å². The number of piperazine rings is 1. The number of rotatable bonds is 4. The molecule has 0 amide bonds. The Balaban J connectivity index is 1.44. The zero-order valence-corrected chi connectivity index (χ0v) is 18.4. The summed E-state index contributed by atoms with van der Waals surface area (Å²) < 4.78 is 27.6. The normalized spacial score (nSPS) is 15.6. The Morgan fingerprint density at radius 1 is 0.862 bits per heavy atom. The lowest BCUT2D eigenvalue weighted by Gasteiger charge is -2.34. The minimum Gasteiger partial charge on any atom is -0.352 e. The van der Waals surface area contributed by atoms with Crippen LogP contribution in [-0.4, -0.2) is 49.1 Å². The van der Waals surface area contributed by atoms with Gasteiger partial charge in [-0.15, -0.1) is 21.5 Å². The summed E-state index contributed by atoms with van der Waals surface area (Å²) >= 11 is 1.32. The lowest BCUT2D eigenvalue weighted by Crippen LogP contribution is -2.48. The number of anilines is 1. The third kappa shape index (κ3) is 4.05. The number of hydrogen-bond donors (Lipinski definition) is 0. The van der Waals surface area contributed by atoms with Crippen molar-refractivity contribution in [3.8, 4) is 11.3 Å². The Kier molecular flexibility index (Phi) is 5.42. The lowest BCUT2D eigenvalue weighted by atomic mass is 10.0. The molecule has 29 heavy (non-hydrogen) atoms. The van der Waals surface area contributed by atoms with Crippen LogP contribution in [0, 0.1) is 20.8 Å². The number of aryl methyl sites for hydroxylation is 3. The molecular weight excluding hydrogens is 404 g/mol. The fraction of sp³-hybridized carbons (Fsp3) is 0.333. The molecule has 0 bridgehead atoms. The highest BCUT2D eigenvalue weighted by Crippen LogP contribution is 2.26. The molecule has 1 fully saturated rings. The van der Waals surface area contributed by atoms with Crippen LogP contribution in [0.4, 0.5) is 5.82 Å². The van der Waals surface area contributed by atoms with E-state index in [1.807, 2.05) is 25.1 Å². The van der Waals surface area contributed by atoms with Gasteiger partial charge in [-0.1, -0.05) is 12.1 Å². The van der Waals surface area contributed by atoms with Crippen LogP contribution in [-0.2, 0) is 10.0 Å². The van der Waals surface area contributed by atoms with Crippen LogP contribution in [0.2, 0.25) is 0 Å². The van der Waals surface area contributed by atoms with Gasteiger partial charge < -0.3 is 4.90 Å². The molecule has 0 atom stereocenters. The minimum atomic E-state index is -3.41. The quantitative estimate of drug-likeness (QED) is 0.635. The first-order valence-corrected chi connectivity index (χ1v) is 11.8. The van der Waals surface area contributed by atoms with E-state index in [9.17, 15) is 8.42 Å². The van der Waals surface area contributed by atoms with Crippen molar-refractivity contribution < 1.29 is 8.42 Å². The molecule has 1 saturated heterocycles. The van der Waals surface area contributed by atoms with Crippen LogP contribution in [0.1, 0.15) is 16.0 Å². The van der Waals surface area contributed by atoms with Crippen molar-refractivity contribution in [3.63, 3.8) is 0 Å². The lowest BCUT2D eigenvalue weighted by molar-refractivity contribution is 0.384. The largest absolute Gasteiger partial charge is 0.352 e. The SMILES string of the molecule is Cc1ccc(S(=O)(=O)N2CCN(c3ccc(-c4ccc(C)c(C)c4)nn3)CC2)s1. The predicted molar refractivity (Wildman–Crippen MR) is 117 cm³/mol. The van der Waals surface area contributed by atoms with Gasteiger partial charge in [-0.25, -0.2) is 8.42 Å². The van der Waals surface area contributed by atoms with Gasteiger partial charge >= 0.3 is 0 Å². The average Bonchev–Trinajstić information content (AvgIpc) is 3.18. The summed E-state index contributed by atoms with van der Waals surface area (Å²) in [5, 5.41) is 8.78. The standard InChI is InChI=1S/C21H24N4O2S2/c1-15-4-6-18(14-16(15)2)19-7-8-20(23-22-19)24-10-12-25(13-11-24)29(26,27)21-9-5-17(3)28-21/h4-9,14H,10-13H2,1-3H3. The first-order chi connectivity index (χ1) is 13.8. The fourth-order valence-electron chi connectivity index (χ4n) is 3.38. The summed E-state index contributed by atoms with van der Waals surface area (Å²) in [7, 11) is -3.41. The molecular formula is C21H24N4O2S2. The van der Waals surface area contributed by atoms with Gasteiger partial charge in [0.25, 0.3) is 10.0 Å². The Morgan fingerprint density at radius 3 is 2.21 bits per heavy atom. The first-order valence-electron chi connectivity index (χ1n) is 9.57. The van der Waals surface area contributed by atoms with Gasteiger partial charge in [0.1, 0.15) is 4.21 Å². The van der Waals surface area contributed by atoms with Crippen LogP contribution in [0.5, 0.6) is 0 Å². The smallest absolute Gasteiger partial charge is 0.252 e. The molecule has 3 heterocycles. The highest BCUT2D eigenvalue weighted by Gasteiger charge is 2.30. The predicted octanol–water partition coefficient (Wildman–Crippen LogP) is 3.64. The molecule has 0 spiro atoms. The van der Waals surface area contributed by atoms with Gasteiger partial charge in [-0.05, 0) is 62.2 Å². The Labute approximate surface area is 175 Å². The van der Waals surface area contributed by atoms with E-state index in [1.165, 1.54) is 22.5 Å². The van der Waals surface area contributed by atoms with Crippen LogP contribution in [0.3, 0.4) is 0 Å². The second-order valence-corrected chi connectivity index (χ2v) is 10.8. The topological polar surface area (TPSA) is 66.4 Å². The summed E-state index contributed by atoms with van der Waals surface area (Å²) in [5.74, 6) is 0.779. The van der Waals surface area contributed by atoms with E-state index in [-0.39, 0.29) is 0 Å². The Morgan fingerprint density at radius 2 is 1.62 bits per heavy atom. The summed E-state index contributed by atoms with van der Waals surface area (Å²) in [6, 6.07) is 13.7. The molecule has 3 aromatic rings. The molecule has 1 aliphatic rings. The van der Waals surface area contributed by atoms with Crippen molar-refractivity contribution in [2.75, 3.05) is 31.1 Å². The van der Waals surface area contributed by atoms with E-state index in [0.29, 0.717) is 30.4 Å². The molecule has 0 saturated carbocycles. The highest BCUT2D eigenvalue weighted by atomic mass is 32.2. The molecule has 0 aliphatic carbocycles. The van der Waals surface area contributed by atoms with E-state index >= 15 is 0 Å². The van der Waals surface area contributed by atoms with Gasteiger partial charge in [0.2, 0.25) is 0 Å². The van der Waals surface area contributed by atoms with E-state index in [0.717, 1.165) is 22.0 Å². The van der Waals surface area contributed by atoms with Crippen LogP contribution < -0.4 is 4.90 Å². The summed E-state index contributed by atoms with van der Waals surface area (Å²) in [4.78, 5) is 3.09. The zero-order valence-electron chi connectivity index (χ0n) is 16.8. The van der Waals surface area contributed by atoms with Crippen LogP contribution in [0.25, 0.3) is 11.3 Å². The second-order valence-electron chi connectivity index (χ2n) is 7.33. The minimum absolute atomic E-state index is 0.418. The third-order valence-corrected chi connectivity index (χ3v) is 8.69. The zero-order chi connectivity index (χ0) is 20.6. The van der Waals surface area contributed by atoms with E-state index in [4.69, 9.17) is 0 Å². The molecule has 1 aromatic carbocycles. The summed E-state index contributed by atoms with van der Waals surface area (Å²) in [6.45, 7) is 8.18. The number of sulfonamides is 1. The van der Waals surface area contributed by atoms with Crippen molar-refractivity contribution in [2.45, 2.75) is 25.0 Å². The Hall–Kier alpha value is -2.29. The van der Waals surface area contributed by atoms with Crippen molar-refractivity contribution in [2.24, 2.45) is 0 Å². The second kappa shape index (κ2) is 7.85. The van der Waals surface area contributed by atoms with Gasteiger partial charge in [0.05, 0.1) is 5.69 Å². The van der Waals surface area contributed by atoms with Gasteiger partial charge in [-0.2, -0.15) is 4.31 Å². The number of nitrogens with zero attached hydrogens (tertiary/aromatic N) is 4. The number of benzene rings is 1. The van der Waals surface area contributed by atoms with Gasteiger partial charge in [0.15, 0.2) is 5.82 Å². The molecule has 6 nitrogen and oxygen atoms in total. The summed E-state index contributed by atoms with van der Waals surface area (Å²) in [5.41, 5.74) is 4.37. The molecule has 0 N–H and O–H groups in total. The van der Waals surface area contributed by atoms with Gasteiger partial charge in [0, 0.05) is 36.6 Å². The molecule has 0 unspecified atom stereocenters. The average molecular weight is 429 g/mol. The van der Waals surface area contributed by atoms with E-state index in [1.54, 1.807) is 10.4 Å². The van der Waals surface area contributed by atoms with Crippen molar-refractivity contribution in [1.82, 2.24) is 14.5 Å². The summed E-state index contributed by atoms with van der Waals surface area (Å²) in [6.07, 6.45) is 0. The van der Waals surface area contributed by atoms with E-state index < -0.39 is 10.0 Å². The van der Waals surface area contributed by atoms with Gasteiger partial charge in [-0.3, -0.25) is 0 Å². The number of thiophene rings is 1. The third-order valence-electron chi connectivity index (χ3n) is 5.33. The Bertz CT molecular complexity index is 1120. The van der Waals surface area contributed by atoms with Crippen molar-refractivity contribution in [1.29, 1.82) is 0 Å². The maximum atomic E-state index is 12.8. The van der Waals surface area contributed by atoms with Crippen molar-refractivity contribution in [3.05, 3.63) is 58.5 Å². The highest BCUT2D eigenvalue weighted by molar-refractivity contribution is 7.91. The maximum absolute atomic E-state index is 12.8. The number of aromatic nitrogens is 2.